The number of amides is 2. The monoisotopic (exact) mass is 742 g/mol. The zero-order valence-corrected chi connectivity index (χ0v) is 29.2. The van der Waals surface area contributed by atoms with E-state index in [1.807, 2.05) is 24.3 Å². The molecular weight excluding hydrogens is 701 g/mol. The van der Waals surface area contributed by atoms with Crippen molar-refractivity contribution in [2.75, 3.05) is 23.1 Å². The number of carboxylic acids is 1. The number of benzene rings is 4. The minimum atomic E-state index is -5.08. The van der Waals surface area contributed by atoms with E-state index in [0.717, 1.165) is 66.5 Å². The van der Waals surface area contributed by atoms with Crippen LogP contribution in [0.1, 0.15) is 55.3 Å². The van der Waals surface area contributed by atoms with Gasteiger partial charge in [0, 0.05) is 24.0 Å². The van der Waals surface area contributed by atoms with E-state index in [-0.39, 0.29) is 28.5 Å². The Morgan fingerprint density at radius 3 is 2.17 bits per heavy atom. The van der Waals surface area contributed by atoms with Crippen molar-refractivity contribution in [3.63, 3.8) is 0 Å². The number of fused-ring (bicyclic) bond motifs is 1. The highest BCUT2D eigenvalue weighted by molar-refractivity contribution is 7.92. The number of unbranched alkanes of at least 4 members (excludes halogenated alkanes) is 3. The number of rotatable bonds is 12. The number of aliphatic carboxylic acids is 1. The molecule has 0 aliphatic carbocycles. The molecule has 1 unspecified atom stereocenters. The molecule has 2 amide bonds. The van der Waals surface area contributed by atoms with Crippen molar-refractivity contribution in [2.45, 2.75) is 62.6 Å². The quantitative estimate of drug-likeness (QED) is 0.0583. The Labute approximate surface area is 300 Å². The van der Waals surface area contributed by atoms with Crippen LogP contribution in [0.4, 0.5) is 29.3 Å². The third kappa shape index (κ3) is 11.4. The molecule has 0 saturated carbocycles. The predicted molar refractivity (Wildman–Crippen MR) is 192 cm³/mol. The fraction of sp³-hybridized carbons (Fsp3) is 0.297. The fourth-order valence-electron chi connectivity index (χ4n) is 5.56. The molecule has 1 aliphatic heterocycles. The van der Waals surface area contributed by atoms with Crippen LogP contribution in [0.3, 0.4) is 0 Å². The number of urea groups is 1. The molecule has 7 N–H and O–H groups in total. The fourth-order valence-corrected chi connectivity index (χ4v) is 6.61. The van der Waals surface area contributed by atoms with Crippen LogP contribution in [-0.2, 0) is 27.7 Å². The highest BCUT2D eigenvalue weighted by Gasteiger charge is 2.38. The van der Waals surface area contributed by atoms with Crippen LogP contribution in [-0.4, -0.2) is 55.0 Å². The van der Waals surface area contributed by atoms with Gasteiger partial charge in [-0.3, -0.25) is 4.72 Å². The minimum absolute atomic E-state index is 0.00889. The second-order valence-corrected chi connectivity index (χ2v) is 13.8. The molecule has 0 spiro atoms. The molecule has 15 heteroatoms. The summed E-state index contributed by atoms with van der Waals surface area (Å²) in [5, 5.41) is 36.1. The van der Waals surface area contributed by atoms with Crippen LogP contribution in [0, 0.1) is 0 Å². The molecule has 5 rings (SSSR count). The summed E-state index contributed by atoms with van der Waals surface area (Å²) >= 11 is 0. The van der Waals surface area contributed by atoms with Crippen LogP contribution in [0.25, 0.3) is 11.1 Å². The first-order chi connectivity index (χ1) is 24.7. The van der Waals surface area contributed by atoms with Gasteiger partial charge in [-0.1, -0.05) is 62.6 Å². The Bertz CT molecular complexity index is 1940. The largest absolute Gasteiger partial charge is 0.504 e. The molecule has 4 aromatic carbocycles. The van der Waals surface area contributed by atoms with Gasteiger partial charge in [0.1, 0.15) is 0 Å². The lowest BCUT2D eigenvalue weighted by Crippen LogP contribution is -2.31. The normalized spacial score (nSPS) is 14.0. The lowest BCUT2D eigenvalue weighted by atomic mass is 9.89. The number of phenolic OH excluding ortho intramolecular Hbond substituents is 2. The Morgan fingerprint density at radius 1 is 0.865 bits per heavy atom. The first kappa shape index (κ1) is 39.5. The number of phenols is 2. The lowest BCUT2D eigenvalue weighted by molar-refractivity contribution is -0.192. The minimum Gasteiger partial charge on any atom is -0.504 e. The van der Waals surface area contributed by atoms with Gasteiger partial charge in [-0.25, -0.2) is 18.0 Å². The van der Waals surface area contributed by atoms with Gasteiger partial charge in [-0.15, -0.1) is 0 Å². The summed E-state index contributed by atoms with van der Waals surface area (Å²) in [7, 11) is -3.83. The third-order valence-electron chi connectivity index (χ3n) is 8.22. The summed E-state index contributed by atoms with van der Waals surface area (Å²) in [4.78, 5) is 21.1. The van der Waals surface area contributed by atoms with E-state index >= 15 is 0 Å². The highest BCUT2D eigenvalue weighted by atomic mass is 32.2. The summed E-state index contributed by atoms with van der Waals surface area (Å²) in [6.45, 7) is 3.52. The van der Waals surface area contributed by atoms with Gasteiger partial charge < -0.3 is 31.3 Å². The second-order valence-electron chi connectivity index (χ2n) is 12.2. The summed E-state index contributed by atoms with van der Waals surface area (Å²) in [6.07, 6.45) is 0.681. The second kappa shape index (κ2) is 17.8. The third-order valence-corrected chi connectivity index (χ3v) is 9.61. The van der Waals surface area contributed by atoms with E-state index in [2.05, 4.69) is 39.7 Å². The molecule has 0 fully saturated rings. The van der Waals surface area contributed by atoms with Crippen molar-refractivity contribution in [3.8, 4) is 22.6 Å². The number of halogens is 3. The molecule has 278 valence electrons. The molecule has 1 aliphatic rings. The number of aromatic hydroxyl groups is 2. The smallest absolute Gasteiger partial charge is 0.490 e. The maximum Gasteiger partial charge on any atom is 0.490 e. The zero-order chi connectivity index (χ0) is 37.9. The Kier molecular flexibility index (Phi) is 13.5. The van der Waals surface area contributed by atoms with Crippen molar-refractivity contribution in [2.24, 2.45) is 0 Å². The van der Waals surface area contributed by atoms with E-state index in [0.29, 0.717) is 24.3 Å². The number of nitrogens with one attached hydrogen (secondary N) is 4. The van der Waals surface area contributed by atoms with E-state index in [9.17, 15) is 36.6 Å². The lowest BCUT2D eigenvalue weighted by Gasteiger charge is -2.27. The van der Waals surface area contributed by atoms with Gasteiger partial charge in [0.25, 0.3) is 10.0 Å². The molecule has 0 bridgehead atoms. The number of alkyl halides is 3. The van der Waals surface area contributed by atoms with Crippen molar-refractivity contribution in [1.29, 1.82) is 0 Å². The number of sulfonamides is 1. The van der Waals surface area contributed by atoms with Crippen LogP contribution >= 0.6 is 0 Å². The molecule has 4 aromatic rings. The van der Waals surface area contributed by atoms with Crippen molar-refractivity contribution < 1.29 is 46.5 Å². The standard InChI is InChI=1S/C35H40N4O5S.C2HF3O2/c1-2-3-4-5-18-37-35(42)38-28-13-15-30(16-14-28)45(43,44)39-29-11-9-25(10-12-29)26-8-6-7-24(20-26)21-32-31-23-34(41)33(40)22-27(31)17-19-36-32;3-2(4,5)1(6)7/h6-16,20,22-23,32,36,39-41H,2-5,17-19,21H2,1H3,(H2,37,38,42);(H,6,7). The average molecular weight is 743 g/mol. The van der Waals surface area contributed by atoms with Gasteiger partial charge in [-0.05, 0) is 102 Å². The molecular formula is C37H41F3N4O7S. The van der Waals surface area contributed by atoms with E-state index in [1.54, 1.807) is 36.4 Å². The number of carbonyl (C=O) groups excluding carboxylic acids is 1. The van der Waals surface area contributed by atoms with Crippen LogP contribution in [0.2, 0.25) is 0 Å². The van der Waals surface area contributed by atoms with E-state index in [1.165, 1.54) is 12.1 Å². The SMILES string of the molecule is CCCCCCNC(=O)Nc1ccc(S(=O)(=O)Nc2ccc(-c3cccc(CC4NCCc5cc(O)c(O)cc54)c3)cc2)cc1.O=C(O)C(F)(F)F. The molecule has 52 heavy (non-hydrogen) atoms. The first-order valence-electron chi connectivity index (χ1n) is 16.6. The molecule has 11 nitrogen and oxygen atoms in total. The van der Waals surface area contributed by atoms with Crippen molar-refractivity contribution in [1.82, 2.24) is 10.6 Å². The molecule has 0 saturated heterocycles. The van der Waals surface area contributed by atoms with Crippen LogP contribution in [0.5, 0.6) is 11.5 Å². The van der Waals surface area contributed by atoms with Crippen LogP contribution < -0.4 is 20.7 Å². The van der Waals surface area contributed by atoms with Crippen molar-refractivity contribution >= 4 is 33.4 Å². The number of carboxylic acid groups (broad SMARTS) is 1. The van der Waals surface area contributed by atoms with E-state index in [4.69, 9.17) is 9.90 Å². The topological polar surface area (TPSA) is 177 Å². The van der Waals surface area contributed by atoms with E-state index < -0.39 is 22.2 Å². The maximum atomic E-state index is 13.0. The van der Waals surface area contributed by atoms with Gasteiger partial charge >= 0.3 is 18.2 Å². The number of hydrogen-bond acceptors (Lipinski definition) is 7. The molecule has 1 atom stereocenters. The van der Waals surface area contributed by atoms with Gasteiger partial charge in [0.2, 0.25) is 0 Å². The zero-order valence-electron chi connectivity index (χ0n) is 28.3. The maximum absolute atomic E-state index is 13.0. The van der Waals surface area contributed by atoms with Crippen molar-refractivity contribution in [3.05, 3.63) is 102 Å². The highest BCUT2D eigenvalue weighted by Crippen LogP contribution is 2.35. The van der Waals surface area contributed by atoms with Gasteiger partial charge in [0.15, 0.2) is 11.5 Å². The Morgan fingerprint density at radius 2 is 1.52 bits per heavy atom. The Hall–Kier alpha value is -5.28. The van der Waals surface area contributed by atoms with Gasteiger partial charge in [-0.2, -0.15) is 13.2 Å². The number of anilines is 2. The Balaban J connectivity index is 0.000000785. The molecule has 0 radical (unpaired) electrons. The van der Waals surface area contributed by atoms with Crippen LogP contribution in [0.15, 0.2) is 89.8 Å². The number of hydrogen-bond donors (Lipinski definition) is 7. The summed E-state index contributed by atoms with van der Waals surface area (Å²) in [5.74, 6) is -2.97. The number of carbonyl (C=O) groups is 2. The first-order valence-corrected chi connectivity index (χ1v) is 18.1. The molecule has 0 aromatic heterocycles. The summed E-state index contributed by atoms with van der Waals surface area (Å²) in [6, 6.07) is 24.4. The summed E-state index contributed by atoms with van der Waals surface area (Å²) in [5.41, 5.74) is 6.02. The van der Waals surface area contributed by atoms with Gasteiger partial charge in [0.05, 0.1) is 4.90 Å². The molecule has 1 heterocycles. The predicted octanol–water partition coefficient (Wildman–Crippen LogP) is 7.33. The average Bonchev–Trinajstić information content (AvgIpc) is 3.09. The summed E-state index contributed by atoms with van der Waals surface area (Å²) < 4.78 is 60.4.